The Balaban J connectivity index is 1.25. The number of ether oxygens (including phenoxy) is 1. The van der Waals surface area contributed by atoms with Gasteiger partial charge in [0, 0.05) is 12.2 Å². The maximum absolute atomic E-state index is 12.3. The molecular weight excluding hydrogens is 394 g/mol. The summed E-state index contributed by atoms with van der Waals surface area (Å²) in [5.74, 6) is 2.59. The van der Waals surface area contributed by atoms with Crippen LogP contribution in [0.25, 0.3) is 0 Å². The SMILES string of the molecule is COC(=O)c1ccc(CSc2nnc(NC(=O)C[C@@H]3C[C@H]4CC[C@@H]3C4)s2)cc1. The van der Waals surface area contributed by atoms with Gasteiger partial charge in [-0.3, -0.25) is 4.79 Å². The molecule has 1 heterocycles. The van der Waals surface area contributed by atoms with Crippen LogP contribution >= 0.6 is 23.1 Å². The molecule has 0 saturated heterocycles. The van der Waals surface area contributed by atoms with Gasteiger partial charge >= 0.3 is 5.97 Å². The number of hydrogen-bond donors (Lipinski definition) is 1. The summed E-state index contributed by atoms with van der Waals surface area (Å²) >= 11 is 2.96. The van der Waals surface area contributed by atoms with Gasteiger partial charge in [0.15, 0.2) is 4.34 Å². The number of nitrogens with zero attached hydrogens (tertiary/aromatic N) is 2. The number of thioether (sulfide) groups is 1. The molecule has 4 rings (SSSR count). The average Bonchev–Trinajstić information content (AvgIpc) is 3.43. The normalized spacial score (nSPS) is 23.0. The van der Waals surface area contributed by atoms with Gasteiger partial charge in [0.2, 0.25) is 11.0 Å². The van der Waals surface area contributed by atoms with Crippen molar-refractivity contribution in [2.45, 2.75) is 42.2 Å². The predicted octanol–water partition coefficient (Wildman–Crippen LogP) is 4.38. The van der Waals surface area contributed by atoms with Gasteiger partial charge in [-0.05, 0) is 54.7 Å². The molecule has 28 heavy (non-hydrogen) atoms. The molecule has 2 fully saturated rings. The molecule has 1 aromatic heterocycles. The van der Waals surface area contributed by atoms with Crippen molar-refractivity contribution in [1.29, 1.82) is 0 Å². The van der Waals surface area contributed by atoms with Gasteiger partial charge < -0.3 is 10.1 Å². The molecule has 0 unspecified atom stereocenters. The van der Waals surface area contributed by atoms with E-state index in [9.17, 15) is 9.59 Å². The summed E-state index contributed by atoms with van der Waals surface area (Å²) in [5, 5.41) is 11.7. The number of carbonyl (C=O) groups excluding carboxylic acids is 2. The van der Waals surface area contributed by atoms with Crippen LogP contribution in [0, 0.1) is 17.8 Å². The summed E-state index contributed by atoms with van der Waals surface area (Å²) in [6, 6.07) is 7.31. The van der Waals surface area contributed by atoms with E-state index in [1.807, 2.05) is 12.1 Å². The fourth-order valence-corrected chi connectivity index (χ4v) is 6.08. The molecule has 8 heteroatoms. The number of rotatable bonds is 7. The van der Waals surface area contributed by atoms with E-state index < -0.39 is 0 Å². The number of nitrogens with one attached hydrogen (secondary N) is 1. The lowest BCUT2D eigenvalue weighted by atomic mass is 9.86. The summed E-state index contributed by atoms with van der Waals surface area (Å²) < 4.78 is 5.51. The van der Waals surface area contributed by atoms with E-state index >= 15 is 0 Å². The number of benzene rings is 1. The lowest BCUT2D eigenvalue weighted by molar-refractivity contribution is -0.117. The highest BCUT2D eigenvalue weighted by molar-refractivity contribution is 8.00. The van der Waals surface area contributed by atoms with E-state index in [0.717, 1.165) is 27.5 Å². The molecule has 148 valence electrons. The second-order valence-electron chi connectivity index (χ2n) is 7.54. The van der Waals surface area contributed by atoms with Gasteiger partial charge in [-0.15, -0.1) is 10.2 Å². The van der Waals surface area contributed by atoms with Crippen LogP contribution in [0.4, 0.5) is 5.13 Å². The average molecular weight is 418 g/mol. The Bertz CT molecular complexity index is 853. The molecule has 0 aliphatic heterocycles. The van der Waals surface area contributed by atoms with E-state index in [2.05, 4.69) is 15.5 Å². The van der Waals surface area contributed by atoms with Crippen molar-refractivity contribution in [2.75, 3.05) is 12.4 Å². The van der Waals surface area contributed by atoms with E-state index in [1.54, 1.807) is 23.9 Å². The largest absolute Gasteiger partial charge is 0.465 e. The fraction of sp³-hybridized carbons (Fsp3) is 0.500. The zero-order valence-electron chi connectivity index (χ0n) is 15.7. The Morgan fingerprint density at radius 2 is 2.04 bits per heavy atom. The summed E-state index contributed by atoms with van der Waals surface area (Å²) in [6.45, 7) is 0. The van der Waals surface area contributed by atoms with E-state index in [0.29, 0.717) is 23.0 Å². The van der Waals surface area contributed by atoms with E-state index in [1.165, 1.54) is 44.1 Å². The van der Waals surface area contributed by atoms with Gasteiger partial charge in [0.05, 0.1) is 12.7 Å². The van der Waals surface area contributed by atoms with Gasteiger partial charge in [0.1, 0.15) is 0 Å². The van der Waals surface area contributed by atoms with Crippen LogP contribution in [-0.2, 0) is 15.3 Å². The topological polar surface area (TPSA) is 81.2 Å². The zero-order valence-corrected chi connectivity index (χ0v) is 17.4. The van der Waals surface area contributed by atoms with Crippen LogP contribution in [0.2, 0.25) is 0 Å². The van der Waals surface area contributed by atoms with Crippen molar-refractivity contribution < 1.29 is 14.3 Å². The maximum Gasteiger partial charge on any atom is 0.337 e. The second kappa shape index (κ2) is 8.61. The number of hydrogen-bond acceptors (Lipinski definition) is 7. The first-order valence-electron chi connectivity index (χ1n) is 9.54. The molecule has 1 N–H and O–H groups in total. The van der Waals surface area contributed by atoms with Crippen LogP contribution in [0.1, 0.15) is 48.0 Å². The first-order valence-corrected chi connectivity index (χ1v) is 11.3. The number of anilines is 1. The third kappa shape index (κ3) is 4.55. The van der Waals surface area contributed by atoms with Crippen LogP contribution < -0.4 is 5.32 Å². The number of carbonyl (C=O) groups is 2. The molecule has 1 aromatic carbocycles. The van der Waals surface area contributed by atoms with Crippen LogP contribution in [-0.4, -0.2) is 29.2 Å². The molecule has 2 aliphatic carbocycles. The predicted molar refractivity (Wildman–Crippen MR) is 109 cm³/mol. The second-order valence-corrected chi connectivity index (χ2v) is 9.74. The van der Waals surface area contributed by atoms with Crippen molar-refractivity contribution in [3.8, 4) is 0 Å². The summed E-state index contributed by atoms with van der Waals surface area (Å²) in [7, 11) is 1.37. The first-order chi connectivity index (χ1) is 13.6. The highest BCUT2D eigenvalue weighted by Crippen LogP contribution is 2.49. The van der Waals surface area contributed by atoms with Gasteiger partial charge in [-0.25, -0.2) is 4.79 Å². The van der Waals surface area contributed by atoms with Crippen molar-refractivity contribution in [3.05, 3.63) is 35.4 Å². The van der Waals surface area contributed by atoms with Gasteiger partial charge in [0.25, 0.3) is 0 Å². The number of aromatic nitrogens is 2. The number of methoxy groups -OCH3 is 1. The molecule has 2 bridgehead atoms. The lowest BCUT2D eigenvalue weighted by Crippen LogP contribution is -2.20. The third-order valence-corrected chi connectivity index (χ3v) is 7.77. The Hall–Kier alpha value is -1.93. The molecule has 0 radical (unpaired) electrons. The summed E-state index contributed by atoms with van der Waals surface area (Å²) in [5.41, 5.74) is 1.61. The highest BCUT2D eigenvalue weighted by atomic mass is 32.2. The molecule has 0 spiro atoms. The summed E-state index contributed by atoms with van der Waals surface area (Å²) in [6.07, 6.45) is 5.78. The molecular formula is C20H23N3O3S2. The minimum atomic E-state index is -0.339. The minimum absolute atomic E-state index is 0.0589. The molecule has 1 amide bonds. The van der Waals surface area contributed by atoms with Crippen LogP contribution in [0.5, 0.6) is 0 Å². The molecule has 2 aromatic rings. The quantitative estimate of drug-likeness (QED) is 0.409. The third-order valence-electron chi connectivity index (χ3n) is 5.72. The van der Waals surface area contributed by atoms with E-state index in [4.69, 9.17) is 4.74 Å². The maximum atomic E-state index is 12.3. The van der Waals surface area contributed by atoms with Crippen molar-refractivity contribution >= 4 is 40.1 Å². The standard InChI is InChI=1S/C20H23N3O3S2/c1-26-18(25)14-5-2-12(3-6-14)11-27-20-23-22-19(28-20)21-17(24)10-16-9-13-4-7-15(16)8-13/h2-3,5-6,13,15-16H,4,7-11H2,1H3,(H,21,22,24)/t13-,15+,16-/m0/s1. The molecule has 2 saturated carbocycles. The van der Waals surface area contributed by atoms with Crippen molar-refractivity contribution in [3.63, 3.8) is 0 Å². The molecule has 3 atom stereocenters. The van der Waals surface area contributed by atoms with Gasteiger partial charge in [-0.2, -0.15) is 0 Å². The monoisotopic (exact) mass is 417 g/mol. The van der Waals surface area contributed by atoms with Crippen molar-refractivity contribution in [2.24, 2.45) is 17.8 Å². The van der Waals surface area contributed by atoms with Crippen LogP contribution in [0.15, 0.2) is 28.6 Å². The number of amides is 1. The lowest BCUT2D eigenvalue weighted by Gasteiger charge is -2.20. The Morgan fingerprint density at radius 3 is 2.71 bits per heavy atom. The van der Waals surface area contributed by atoms with Gasteiger partial charge in [-0.1, -0.05) is 41.7 Å². The zero-order chi connectivity index (χ0) is 19.5. The van der Waals surface area contributed by atoms with Crippen LogP contribution in [0.3, 0.4) is 0 Å². The summed E-state index contributed by atoms with van der Waals surface area (Å²) in [4.78, 5) is 23.8. The molecule has 6 nitrogen and oxygen atoms in total. The fourth-order valence-electron chi connectivity index (χ4n) is 4.35. The Labute approximate surface area is 172 Å². The number of fused-ring (bicyclic) bond motifs is 2. The minimum Gasteiger partial charge on any atom is -0.465 e. The highest BCUT2D eigenvalue weighted by Gasteiger charge is 2.40. The Morgan fingerprint density at radius 1 is 1.21 bits per heavy atom. The Kier molecular flexibility index (Phi) is 5.96. The van der Waals surface area contributed by atoms with Crippen molar-refractivity contribution in [1.82, 2.24) is 10.2 Å². The first kappa shape index (κ1) is 19.4. The molecule has 2 aliphatic rings. The number of esters is 1. The van der Waals surface area contributed by atoms with E-state index in [-0.39, 0.29) is 11.9 Å². The smallest absolute Gasteiger partial charge is 0.337 e.